The Bertz CT molecular complexity index is 348. The van der Waals surface area contributed by atoms with Gasteiger partial charge in [-0.15, -0.1) is 11.3 Å². The highest BCUT2D eigenvalue weighted by Crippen LogP contribution is 2.32. The molecule has 0 aromatic carbocycles. The summed E-state index contributed by atoms with van der Waals surface area (Å²) in [6.45, 7) is 8.25. The molecule has 0 radical (unpaired) electrons. The van der Waals surface area contributed by atoms with Gasteiger partial charge >= 0.3 is 0 Å². The number of ether oxygens (including phenoxy) is 1. The molecular formula is C11H17NO2S. The molecular weight excluding hydrogens is 210 g/mol. The molecule has 1 aromatic heterocycles. The summed E-state index contributed by atoms with van der Waals surface area (Å²) in [5, 5.41) is 0.886. The highest BCUT2D eigenvalue weighted by atomic mass is 32.1. The van der Waals surface area contributed by atoms with Crippen LogP contribution < -0.4 is 0 Å². The Hall–Kier alpha value is -0.740. The van der Waals surface area contributed by atoms with Crippen molar-refractivity contribution in [1.82, 2.24) is 4.98 Å². The molecule has 84 valence electrons. The first-order chi connectivity index (χ1) is 7.03. The second kappa shape index (κ2) is 4.86. The van der Waals surface area contributed by atoms with Crippen molar-refractivity contribution in [3.05, 3.63) is 16.1 Å². The normalized spacial score (nSPS) is 14.9. The number of rotatable bonds is 5. The zero-order valence-corrected chi connectivity index (χ0v) is 10.5. The Morgan fingerprint density at radius 3 is 2.67 bits per heavy atom. The summed E-state index contributed by atoms with van der Waals surface area (Å²) in [5.41, 5.74) is -0.354. The molecule has 1 rings (SSSR count). The van der Waals surface area contributed by atoms with Crippen molar-refractivity contribution in [3.63, 3.8) is 0 Å². The number of hydrogen-bond donors (Lipinski definition) is 0. The fraction of sp³-hybridized carbons (Fsp3) is 0.636. The van der Waals surface area contributed by atoms with Gasteiger partial charge in [-0.05, 0) is 20.3 Å². The second-order valence-electron chi connectivity index (χ2n) is 3.60. The van der Waals surface area contributed by atoms with Crippen molar-refractivity contribution >= 4 is 17.1 Å². The van der Waals surface area contributed by atoms with E-state index in [1.54, 1.807) is 13.1 Å². The third-order valence-corrected chi connectivity index (χ3v) is 3.79. The predicted octanol–water partition coefficient (Wildman–Crippen LogP) is 3.01. The van der Waals surface area contributed by atoms with E-state index in [0.29, 0.717) is 11.5 Å². The Morgan fingerprint density at radius 1 is 1.60 bits per heavy atom. The average molecular weight is 227 g/mol. The monoisotopic (exact) mass is 227 g/mol. The lowest BCUT2D eigenvalue weighted by Gasteiger charge is -2.25. The lowest BCUT2D eigenvalue weighted by Crippen LogP contribution is -2.24. The van der Waals surface area contributed by atoms with Crippen molar-refractivity contribution in [2.45, 2.75) is 39.7 Å². The van der Waals surface area contributed by atoms with Gasteiger partial charge in [0.1, 0.15) is 10.6 Å². The third-order valence-electron chi connectivity index (χ3n) is 2.44. The van der Waals surface area contributed by atoms with Gasteiger partial charge in [0.05, 0.1) is 4.88 Å². The van der Waals surface area contributed by atoms with Gasteiger partial charge in [0.25, 0.3) is 0 Å². The molecule has 0 bridgehead atoms. The minimum Gasteiger partial charge on any atom is -0.368 e. The van der Waals surface area contributed by atoms with Crippen LogP contribution in [-0.4, -0.2) is 17.4 Å². The zero-order chi connectivity index (χ0) is 11.5. The summed E-state index contributed by atoms with van der Waals surface area (Å²) in [7, 11) is 0. The molecule has 0 saturated carbocycles. The summed E-state index contributed by atoms with van der Waals surface area (Å²) in [6, 6.07) is 0. The van der Waals surface area contributed by atoms with Gasteiger partial charge in [-0.1, -0.05) is 6.92 Å². The Labute approximate surface area is 94.5 Å². The van der Waals surface area contributed by atoms with Gasteiger partial charge in [0, 0.05) is 19.7 Å². The molecule has 15 heavy (non-hydrogen) atoms. The minimum absolute atomic E-state index is 0.0636. The van der Waals surface area contributed by atoms with Crippen LogP contribution in [0.15, 0.2) is 6.20 Å². The topological polar surface area (TPSA) is 39.2 Å². The average Bonchev–Trinajstić information content (AvgIpc) is 2.67. The quantitative estimate of drug-likeness (QED) is 0.726. The van der Waals surface area contributed by atoms with Crippen molar-refractivity contribution in [1.29, 1.82) is 0 Å². The van der Waals surface area contributed by atoms with Gasteiger partial charge in [-0.25, -0.2) is 4.98 Å². The predicted molar refractivity (Wildman–Crippen MR) is 61.4 cm³/mol. The molecule has 1 atom stereocenters. The Morgan fingerprint density at radius 2 is 2.27 bits per heavy atom. The van der Waals surface area contributed by atoms with E-state index < -0.39 is 0 Å². The van der Waals surface area contributed by atoms with E-state index in [1.165, 1.54) is 11.3 Å². The molecule has 1 aromatic rings. The number of Topliss-reactive ketones (excluding diaryl/α,β-unsaturated/α-hetero) is 1. The van der Waals surface area contributed by atoms with E-state index in [4.69, 9.17) is 4.74 Å². The Balaban J connectivity index is 2.97. The summed E-state index contributed by atoms with van der Waals surface area (Å²) in [6.07, 6.45) is 2.49. The van der Waals surface area contributed by atoms with Crippen LogP contribution in [0.5, 0.6) is 0 Å². The summed E-state index contributed by atoms with van der Waals surface area (Å²) in [4.78, 5) is 16.1. The van der Waals surface area contributed by atoms with E-state index >= 15 is 0 Å². The van der Waals surface area contributed by atoms with Crippen LogP contribution in [-0.2, 0) is 10.3 Å². The number of carbonyl (C=O) groups is 1. The molecule has 0 fully saturated rings. The third kappa shape index (κ3) is 2.63. The van der Waals surface area contributed by atoms with Gasteiger partial charge in [0.15, 0.2) is 5.78 Å². The van der Waals surface area contributed by atoms with Gasteiger partial charge in [-0.3, -0.25) is 4.79 Å². The van der Waals surface area contributed by atoms with E-state index in [9.17, 15) is 4.79 Å². The van der Waals surface area contributed by atoms with Crippen LogP contribution >= 0.6 is 11.3 Å². The number of ketones is 1. The molecule has 0 aliphatic heterocycles. The first-order valence-electron chi connectivity index (χ1n) is 5.14. The molecule has 0 spiro atoms. The zero-order valence-electron chi connectivity index (χ0n) is 9.66. The summed E-state index contributed by atoms with van der Waals surface area (Å²) < 4.78 is 5.69. The van der Waals surface area contributed by atoms with Crippen LogP contribution in [0.25, 0.3) is 0 Å². The highest BCUT2D eigenvalue weighted by molar-refractivity contribution is 7.13. The van der Waals surface area contributed by atoms with Crippen LogP contribution in [0.4, 0.5) is 0 Å². The van der Waals surface area contributed by atoms with Crippen molar-refractivity contribution in [2.24, 2.45) is 0 Å². The van der Waals surface area contributed by atoms with Crippen LogP contribution in [0.1, 0.15) is 48.8 Å². The first kappa shape index (κ1) is 12.3. The molecule has 4 heteroatoms. The van der Waals surface area contributed by atoms with Crippen molar-refractivity contribution in [2.75, 3.05) is 6.61 Å². The largest absolute Gasteiger partial charge is 0.368 e. The maximum atomic E-state index is 11.2. The fourth-order valence-corrected chi connectivity index (χ4v) is 2.30. The lowest BCUT2D eigenvalue weighted by molar-refractivity contribution is -0.0324. The Kier molecular flexibility index (Phi) is 3.99. The maximum Gasteiger partial charge on any atom is 0.171 e. The SMILES string of the molecule is CCOC(C)(CC)c1ncc(C(C)=O)s1. The van der Waals surface area contributed by atoms with Crippen LogP contribution in [0.2, 0.25) is 0 Å². The van der Waals surface area contributed by atoms with Crippen molar-refractivity contribution < 1.29 is 9.53 Å². The number of nitrogens with zero attached hydrogens (tertiary/aromatic N) is 1. The molecule has 3 nitrogen and oxygen atoms in total. The fourth-order valence-electron chi connectivity index (χ4n) is 1.31. The summed E-state index contributed by atoms with van der Waals surface area (Å²) >= 11 is 1.43. The standard InChI is InChI=1S/C11H17NO2S/c1-5-11(4,14-6-2)10-12-7-9(15-10)8(3)13/h7H,5-6H2,1-4H3. The number of carbonyl (C=O) groups excluding carboxylic acids is 1. The first-order valence-corrected chi connectivity index (χ1v) is 5.96. The van der Waals surface area contributed by atoms with Crippen LogP contribution in [0.3, 0.4) is 0 Å². The lowest BCUT2D eigenvalue weighted by atomic mass is 10.1. The molecule has 0 N–H and O–H groups in total. The molecule has 0 saturated heterocycles. The minimum atomic E-state index is -0.354. The maximum absolute atomic E-state index is 11.2. The van der Waals surface area contributed by atoms with Gasteiger partial charge < -0.3 is 4.74 Å². The number of hydrogen-bond acceptors (Lipinski definition) is 4. The molecule has 1 heterocycles. The van der Waals surface area contributed by atoms with E-state index in [-0.39, 0.29) is 11.4 Å². The van der Waals surface area contributed by atoms with E-state index in [0.717, 1.165) is 11.4 Å². The molecule has 0 aliphatic rings. The second-order valence-corrected chi connectivity index (χ2v) is 4.63. The van der Waals surface area contributed by atoms with E-state index in [1.807, 2.05) is 13.8 Å². The molecule has 1 unspecified atom stereocenters. The highest BCUT2D eigenvalue weighted by Gasteiger charge is 2.28. The van der Waals surface area contributed by atoms with E-state index in [2.05, 4.69) is 11.9 Å². The van der Waals surface area contributed by atoms with Crippen LogP contribution in [0, 0.1) is 0 Å². The number of thiazole rings is 1. The number of aromatic nitrogens is 1. The van der Waals surface area contributed by atoms with Crippen molar-refractivity contribution in [3.8, 4) is 0 Å². The summed E-state index contributed by atoms with van der Waals surface area (Å²) in [5.74, 6) is 0.0636. The van der Waals surface area contributed by atoms with Gasteiger partial charge in [-0.2, -0.15) is 0 Å². The smallest absolute Gasteiger partial charge is 0.171 e. The molecule has 0 amide bonds. The van der Waals surface area contributed by atoms with Gasteiger partial charge in [0.2, 0.25) is 0 Å². The molecule has 0 aliphatic carbocycles.